The molecule has 0 saturated heterocycles. The Kier molecular flexibility index (Phi) is 3.03. The van der Waals surface area contributed by atoms with Crippen molar-refractivity contribution in [2.45, 2.75) is 0 Å². The normalized spacial score (nSPS) is 10.2. The first-order valence-corrected chi connectivity index (χ1v) is 5.59. The second-order valence-electron chi connectivity index (χ2n) is 2.71. The van der Waals surface area contributed by atoms with Crippen LogP contribution in [0.15, 0.2) is 22.8 Å². The summed E-state index contributed by atoms with van der Waals surface area (Å²) in [7, 11) is 0. The number of halogens is 1. The average Bonchev–Trinajstić information content (AvgIpc) is 2.17. The summed E-state index contributed by atoms with van der Waals surface area (Å²) in [5, 5.41) is 0. The Morgan fingerprint density at radius 1 is 1.20 bits per heavy atom. The van der Waals surface area contributed by atoms with Crippen LogP contribution in [0.1, 0.15) is 0 Å². The molecule has 2 N–H and O–H groups in total. The molecule has 0 saturated carbocycles. The van der Waals surface area contributed by atoms with Gasteiger partial charge in [-0.25, -0.2) is 4.98 Å². The molecule has 0 aliphatic carbocycles. The minimum absolute atomic E-state index is 0.346. The summed E-state index contributed by atoms with van der Waals surface area (Å²) in [6, 6.07) is 3.70. The van der Waals surface area contributed by atoms with Crippen molar-refractivity contribution in [3.05, 3.63) is 32.3 Å². The lowest BCUT2D eigenvalue weighted by atomic mass is 10.3. The van der Waals surface area contributed by atoms with Crippen LogP contribution in [0.3, 0.4) is 0 Å². The van der Waals surface area contributed by atoms with Gasteiger partial charge in [-0.2, -0.15) is 0 Å². The topological polar surface area (TPSA) is 57.4 Å². The van der Waals surface area contributed by atoms with Crippen LogP contribution in [0.5, 0.6) is 0 Å². The van der Waals surface area contributed by atoms with E-state index in [1.807, 2.05) is 12.1 Å². The van der Waals surface area contributed by atoms with Crippen LogP contribution in [0.2, 0.25) is 0 Å². The molecule has 0 atom stereocenters. The van der Waals surface area contributed by atoms with Gasteiger partial charge in [-0.3, -0.25) is 4.98 Å². The molecule has 2 aromatic heterocycles. The largest absolute Gasteiger partial charge is 0.315 e. The van der Waals surface area contributed by atoms with Crippen molar-refractivity contribution < 1.29 is 0 Å². The van der Waals surface area contributed by atoms with Gasteiger partial charge in [0.05, 0.1) is 0 Å². The van der Waals surface area contributed by atoms with Gasteiger partial charge in [-0.15, -0.1) is 0 Å². The van der Waals surface area contributed by atoms with Gasteiger partial charge >= 0.3 is 0 Å². The molecule has 0 spiro atoms. The number of pyridine rings is 1. The zero-order chi connectivity index (χ0) is 10.8. The highest BCUT2D eigenvalue weighted by Crippen LogP contribution is 2.14. The van der Waals surface area contributed by atoms with E-state index >= 15 is 0 Å². The van der Waals surface area contributed by atoms with Crippen LogP contribution >= 0.6 is 40.4 Å². The second kappa shape index (κ2) is 4.30. The third kappa shape index (κ3) is 2.55. The van der Waals surface area contributed by atoms with E-state index in [0.717, 1.165) is 4.47 Å². The maximum Gasteiger partial charge on any atom is 0.201 e. The molecule has 76 valence electrons. The molecule has 0 aromatic carbocycles. The molecular weight excluding hydrogens is 296 g/mol. The number of hydrogen-bond acceptors (Lipinski definition) is 4. The first kappa shape index (κ1) is 10.6. The average molecular weight is 301 g/mol. The molecule has 2 aromatic rings. The van der Waals surface area contributed by atoms with Gasteiger partial charge in [0, 0.05) is 10.7 Å². The van der Waals surface area contributed by atoms with E-state index in [-0.39, 0.29) is 0 Å². The summed E-state index contributed by atoms with van der Waals surface area (Å²) in [6.45, 7) is 0. The van der Waals surface area contributed by atoms with Crippen molar-refractivity contribution in [1.82, 2.24) is 19.9 Å². The Morgan fingerprint density at radius 2 is 2.00 bits per heavy atom. The quantitative estimate of drug-likeness (QED) is 0.795. The molecule has 0 aliphatic rings. The van der Waals surface area contributed by atoms with Crippen LogP contribution in [-0.2, 0) is 0 Å². The summed E-state index contributed by atoms with van der Waals surface area (Å²) in [6.07, 6.45) is 1.69. The van der Waals surface area contributed by atoms with E-state index in [0.29, 0.717) is 21.1 Å². The summed E-state index contributed by atoms with van der Waals surface area (Å²) in [5.41, 5.74) is 0.699. The van der Waals surface area contributed by atoms with Gasteiger partial charge in [-0.05, 0) is 52.5 Å². The Labute approximate surface area is 104 Å². The van der Waals surface area contributed by atoms with E-state index < -0.39 is 0 Å². The fraction of sp³-hybridized carbons (Fsp3) is 0. The number of H-pyrrole nitrogens is 2. The van der Waals surface area contributed by atoms with Gasteiger partial charge in [0.2, 0.25) is 4.77 Å². The van der Waals surface area contributed by atoms with Crippen LogP contribution in [0.4, 0.5) is 0 Å². The first-order chi connectivity index (χ1) is 7.15. The Hall–Kier alpha value is -0.920. The summed E-state index contributed by atoms with van der Waals surface area (Å²) in [5.74, 6) is 0.566. The van der Waals surface area contributed by atoms with Gasteiger partial charge in [-0.1, -0.05) is 0 Å². The lowest BCUT2D eigenvalue weighted by Gasteiger charge is -1.99. The molecule has 2 heterocycles. The van der Waals surface area contributed by atoms with E-state index in [9.17, 15) is 0 Å². The summed E-state index contributed by atoms with van der Waals surface area (Å²) >= 11 is 13.2. The maximum atomic E-state index is 4.96. The maximum absolute atomic E-state index is 4.96. The predicted octanol–water partition coefficient (Wildman–Crippen LogP) is 3.02. The molecular formula is C8H5BrN4S2. The van der Waals surface area contributed by atoms with Crippen molar-refractivity contribution in [3.8, 4) is 11.5 Å². The summed E-state index contributed by atoms with van der Waals surface area (Å²) in [4.78, 5) is 13.9. The molecule has 0 fully saturated rings. The first-order valence-electron chi connectivity index (χ1n) is 3.98. The third-order valence-corrected chi connectivity index (χ3v) is 2.50. The van der Waals surface area contributed by atoms with Gasteiger partial charge in [0.1, 0.15) is 5.69 Å². The lowest BCUT2D eigenvalue weighted by molar-refractivity contribution is 1.00. The molecule has 15 heavy (non-hydrogen) atoms. The Balaban J connectivity index is 2.59. The monoisotopic (exact) mass is 300 g/mol. The predicted molar refractivity (Wildman–Crippen MR) is 65.5 cm³/mol. The second-order valence-corrected chi connectivity index (χ2v) is 4.42. The Bertz CT molecular complexity index is 558. The smallest absolute Gasteiger partial charge is 0.201 e. The molecule has 2 rings (SSSR count). The van der Waals surface area contributed by atoms with Crippen molar-refractivity contribution >= 4 is 40.4 Å². The minimum Gasteiger partial charge on any atom is -0.315 e. The number of aromatic amines is 2. The molecule has 0 unspecified atom stereocenters. The van der Waals surface area contributed by atoms with Crippen LogP contribution in [0, 0.1) is 9.54 Å². The van der Waals surface area contributed by atoms with Crippen molar-refractivity contribution in [1.29, 1.82) is 0 Å². The van der Waals surface area contributed by atoms with E-state index in [1.165, 1.54) is 0 Å². The molecule has 0 bridgehead atoms. The minimum atomic E-state index is 0.346. The molecule has 0 amide bonds. The number of nitrogens with one attached hydrogen (secondary N) is 2. The van der Waals surface area contributed by atoms with Crippen LogP contribution in [0.25, 0.3) is 11.5 Å². The molecule has 4 nitrogen and oxygen atoms in total. The van der Waals surface area contributed by atoms with Crippen LogP contribution in [-0.4, -0.2) is 19.9 Å². The fourth-order valence-corrected chi connectivity index (χ4v) is 1.72. The molecule has 7 heteroatoms. The van der Waals surface area contributed by atoms with Gasteiger partial charge < -0.3 is 9.97 Å². The van der Waals surface area contributed by atoms with Crippen molar-refractivity contribution in [3.63, 3.8) is 0 Å². The standard InChI is InChI=1S/C8H5BrN4S2/c9-4-1-2-5(10-3-4)6-11-7(14)13-8(15)12-6/h1-3H,(H2,11,12,13,14,15). The van der Waals surface area contributed by atoms with Crippen molar-refractivity contribution in [2.24, 2.45) is 0 Å². The highest BCUT2D eigenvalue weighted by atomic mass is 79.9. The SMILES string of the molecule is S=c1nc(-c2ccc(Br)cn2)[nH]c(=S)[nH]1. The van der Waals surface area contributed by atoms with Crippen molar-refractivity contribution in [2.75, 3.05) is 0 Å². The van der Waals surface area contributed by atoms with E-state index in [1.54, 1.807) is 6.20 Å². The zero-order valence-corrected chi connectivity index (χ0v) is 10.5. The van der Waals surface area contributed by atoms with Gasteiger partial charge in [0.15, 0.2) is 10.6 Å². The third-order valence-electron chi connectivity index (χ3n) is 1.64. The number of nitrogens with zero attached hydrogens (tertiary/aromatic N) is 2. The highest BCUT2D eigenvalue weighted by molar-refractivity contribution is 9.10. The van der Waals surface area contributed by atoms with Gasteiger partial charge in [0.25, 0.3) is 0 Å². The summed E-state index contributed by atoms with van der Waals surface area (Å²) < 4.78 is 1.69. The lowest BCUT2D eigenvalue weighted by Crippen LogP contribution is -1.94. The molecule has 0 radical (unpaired) electrons. The Morgan fingerprint density at radius 3 is 2.60 bits per heavy atom. The number of rotatable bonds is 1. The zero-order valence-electron chi connectivity index (χ0n) is 7.32. The van der Waals surface area contributed by atoms with E-state index in [2.05, 4.69) is 35.9 Å². The van der Waals surface area contributed by atoms with E-state index in [4.69, 9.17) is 24.4 Å². The fourth-order valence-electron chi connectivity index (χ4n) is 1.03. The molecule has 0 aliphatic heterocycles. The number of hydrogen-bond donors (Lipinski definition) is 2. The number of aromatic nitrogens is 4. The highest BCUT2D eigenvalue weighted by Gasteiger charge is 2.00. The van der Waals surface area contributed by atoms with Crippen LogP contribution < -0.4 is 0 Å².